The molecule has 0 aliphatic rings. The maximum atomic E-state index is 11.2. The van der Waals surface area contributed by atoms with Crippen molar-refractivity contribution in [1.82, 2.24) is 0 Å². The molecule has 18 heavy (non-hydrogen) atoms. The van der Waals surface area contributed by atoms with Crippen molar-refractivity contribution in [3.63, 3.8) is 0 Å². The highest BCUT2D eigenvalue weighted by atomic mass is 16.3. The lowest BCUT2D eigenvalue weighted by Gasteiger charge is -1.96. The minimum absolute atomic E-state index is 0.138. The number of carbonyl (C=O) groups is 1. The Labute approximate surface area is 104 Å². The van der Waals surface area contributed by atoms with E-state index in [9.17, 15) is 4.79 Å². The van der Waals surface area contributed by atoms with E-state index in [1.165, 1.54) is 0 Å². The summed E-state index contributed by atoms with van der Waals surface area (Å²) in [5, 5.41) is 12.0. The van der Waals surface area contributed by atoms with E-state index in [0.29, 0.717) is 5.76 Å². The van der Waals surface area contributed by atoms with E-state index in [2.05, 4.69) is 0 Å². The number of furan rings is 1. The molecule has 2 aromatic carbocycles. The van der Waals surface area contributed by atoms with E-state index in [1.807, 2.05) is 42.5 Å². The number of aliphatic hydroxyl groups excluding tert-OH is 1. The van der Waals surface area contributed by atoms with Crippen LogP contribution >= 0.6 is 0 Å². The quantitative estimate of drug-likeness (QED) is 0.765. The molecular weight excluding hydrogens is 228 g/mol. The topological polar surface area (TPSA) is 50.4 Å². The molecule has 0 saturated heterocycles. The molecular formula is C15H12O3. The first-order chi connectivity index (χ1) is 8.78. The molecule has 0 fully saturated rings. The number of hydrogen-bond acceptors (Lipinski definition) is 3. The van der Waals surface area contributed by atoms with Crippen molar-refractivity contribution >= 4 is 27.5 Å². The SMILES string of the molecule is O=C(CO)Cc1cc2c(ccc3ccccc32)o1. The number of fused-ring (bicyclic) bond motifs is 3. The minimum Gasteiger partial charge on any atom is -0.461 e. The van der Waals surface area contributed by atoms with E-state index in [1.54, 1.807) is 0 Å². The van der Waals surface area contributed by atoms with Gasteiger partial charge in [-0.05, 0) is 22.9 Å². The number of carbonyl (C=O) groups excluding carboxylic acids is 1. The summed E-state index contributed by atoms with van der Waals surface area (Å²) < 4.78 is 5.62. The monoisotopic (exact) mass is 240 g/mol. The fourth-order valence-corrected chi connectivity index (χ4v) is 2.18. The van der Waals surface area contributed by atoms with Crippen molar-refractivity contribution < 1.29 is 14.3 Å². The number of hydrogen-bond donors (Lipinski definition) is 1. The zero-order valence-electron chi connectivity index (χ0n) is 9.72. The molecule has 1 N–H and O–H groups in total. The zero-order valence-corrected chi connectivity index (χ0v) is 9.72. The van der Waals surface area contributed by atoms with Crippen LogP contribution in [0.5, 0.6) is 0 Å². The lowest BCUT2D eigenvalue weighted by Crippen LogP contribution is -2.06. The normalized spacial score (nSPS) is 11.2. The number of aliphatic hydroxyl groups is 1. The van der Waals surface area contributed by atoms with Gasteiger partial charge in [-0.1, -0.05) is 30.3 Å². The molecule has 0 amide bonds. The molecule has 0 unspecified atom stereocenters. The lowest BCUT2D eigenvalue weighted by atomic mass is 10.1. The van der Waals surface area contributed by atoms with Crippen LogP contribution in [0.3, 0.4) is 0 Å². The van der Waals surface area contributed by atoms with Crippen molar-refractivity contribution in [3.8, 4) is 0 Å². The molecule has 0 atom stereocenters. The third kappa shape index (κ3) is 1.79. The van der Waals surface area contributed by atoms with Crippen LogP contribution in [0, 0.1) is 0 Å². The van der Waals surface area contributed by atoms with Gasteiger partial charge in [0.1, 0.15) is 18.0 Å². The molecule has 0 bridgehead atoms. The van der Waals surface area contributed by atoms with Crippen LogP contribution < -0.4 is 0 Å². The van der Waals surface area contributed by atoms with Crippen LogP contribution in [0.4, 0.5) is 0 Å². The Bertz CT molecular complexity index is 725. The van der Waals surface area contributed by atoms with E-state index in [0.717, 1.165) is 21.7 Å². The van der Waals surface area contributed by atoms with Crippen LogP contribution in [0.1, 0.15) is 5.76 Å². The van der Waals surface area contributed by atoms with Crippen LogP contribution in [-0.2, 0) is 11.2 Å². The average Bonchev–Trinajstić information content (AvgIpc) is 2.81. The highest BCUT2D eigenvalue weighted by Crippen LogP contribution is 2.28. The average molecular weight is 240 g/mol. The van der Waals surface area contributed by atoms with Gasteiger partial charge < -0.3 is 9.52 Å². The van der Waals surface area contributed by atoms with Crippen LogP contribution in [0.15, 0.2) is 46.9 Å². The van der Waals surface area contributed by atoms with E-state index < -0.39 is 6.61 Å². The van der Waals surface area contributed by atoms with Gasteiger partial charge >= 0.3 is 0 Å². The molecule has 90 valence electrons. The summed E-state index contributed by atoms with van der Waals surface area (Å²) in [5.74, 6) is 0.360. The second-order valence-electron chi connectivity index (χ2n) is 4.28. The Morgan fingerprint density at radius 1 is 1.11 bits per heavy atom. The molecule has 1 heterocycles. The fourth-order valence-electron chi connectivity index (χ4n) is 2.18. The van der Waals surface area contributed by atoms with Gasteiger partial charge in [0.25, 0.3) is 0 Å². The largest absolute Gasteiger partial charge is 0.461 e. The van der Waals surface area contributed by atoms with E-state index in [-0.39, 0.29) is 12.2 Å². The van der Waals surface area contributed by atoms with Gasteiger partial charge in [-0.3, -0.25) is 4.79 Å². The molecule has 0 radical (unpaired) electrons. The number of benzene rings is 2. The third-order valence-electron chi connectivity index (χ3n) is 3.02. The summed E-state index contributed by atoms with van der Waals surface area (Å²) >= 11 is 0. The first-order valence-electron chi connectivity index (χ1n) is 5.80. The van der Waals surface area contributed by atoms with Crippen LogP contribution in [-0.4, -0.2) is 17.5 Å². The van der Waals surface area contributed by atoms with Gasteiger partial charge in [0.05, 0.1) is 6.42 Å². The first-order valence-corrected chi connectivity index (χ1v) is 5.80. The predicted octanol–water partition coefficient (Wildman–Crippen LogP) is 2.69. The highest BCUT2D eigenvalue weighted by molar-refractivity contribution is 6.06. The summed E-state index contributed by atoms with van der Waals surface area (Å²) in [6, 6.07) is 13.8. The van der Waals surface area contributed by atoms with Crippen molar-refractivity contribution in [3.05, 3.63) is 48.2 Å². The second kappa shape index (κ2) is 4.27. The molecule has 3 heteroatoms. The Morgan fingerprint density at radius 2 is 1.94 bits per heavy atom. The van der Waals surface area contributed by atoms with Crippen molar-refractivity contribution in [2.45, 2.75) is 6.42 Å². The van der Waals surface area contributed by atoms with Gasteiger partial charge in [0.2, 0.25) is 0 Å². The van der Waals surface area contributed by atoms with Crippen molar-refractivity contribution in [2.75, 3.05) is 6.61 Å². The molecule has 0 aliphatic heterocycles. The van der Waals surface area contributed by atoms with Gasteiger partial charge in [0.15, 0.2) is 5.78 Å². The molecule has 3 aromatic rings. The summed E-state index contributed by atoms with van der Waals surface area (Å²) in [6.07, 6.45) is 0.138. The summed E-state index contributed by atoms with van der Waals surface area (Å²) in [4.78, 5) is 11.2. The summed E-state index contributed by atoms with van der Waals surface area (Å²) in [7, 11) is 0. The number of ketones is 1. The molecule has 0 saturated carbocycles. The van der Waals surface area contributed by atoms with E-state index in [4.69, 9.17) is 9.52 Å². The molecule has 3 rings (SSSR count). The Hall–Kier alpha value is -2.13. The number of Topliss-reactive ketones (excluding diaryl/α,β-unsaturated/α-hetero) is 1. The summed E-state index contributed by atoms with van der Waals surface area (Å²) in [6.45, 7) is -0.447. The van der Waals surface area contributed by atoms with Gasteiger partial charge in [0, 0.05) is 5.39 Å². The molecule has 0 spiro atoms. The Balaban J connectivity index is 2.16. The van der Waals surface area contributed by atoms with Crippen LogP contribution in [0.2, 0.25) is 0 Å². The summed E-state index contributed by atoms with van der Waals surface area (Å²) in [5.41, 5.74) is 0.773. The standard InChI is InChI=1S/C15H12O3/c16-9-11(17)7-12-8-14-13-4-2-1-3-10(13)5-6-15(14)18-12/h1-6,8,16H,7,9H2. The first kappa shape index (κ1) is 11.0. The third-order valence-corrected chi connectivity index (χ3v) is 3.02. The smallest absolute Gasteiger partial charge is 0.165 e. The van der Waals surface area contributed by atoms with Gasteiger partial charge in [-0.25, -0.2) is 0 Å². The van der Waals surface area contributed by atoms with E-state index >= 15 is 0 Å². The fraction of sp³-hybridized carbons (Fsp3) is 0.133. The lowest BCUT2D eigenvalue weighted by molar-refractivity contribution is -0.121. The Kier molecular flexibility index (Phi) is 2.61. The Morgan fingerprint density at radius 3 is 2.78 bits per heavy atom. The van der Waals surface area contributed by atoms with Gasteiger partial charge in [-0.15, -0.1) is 0 Å². The van der Waals surface area contributed by atoms with Crippen molar-refractivity contribution in [2.24, 2.45) is 0 Å². The maximum absolute atomic E-state index is 11.2. The maximum Gasteiger partial charge on any atom is 0.165 e. The highest BCUT2D eigenvalue weighted by Gasteiger charge is 2.10. The van der Waals surface area contributed by atoms with Crippen molar-refractivity contribution in [1.29, 1.82) is 0 Å². The van der Waals surface area contributed by atoms with Crippen LogP contribution in [0.25, 0.3) is 21.7 Å². The zero-order chi connectivity index (χ0) is 12.5. The molecule has 0 aliphatic carbocycles. The number of rotatable bonds is 3. The minimum atomic E-state index is -0.447. The molecule has 3 nitrogen and oxygen atoms in total. The molecule has 1 aromatic heterocycles. The predicted molar refractivity (Wildman–Crippen MR) is 69.5 cm³/mol. The second-order valence-corrected chi connectivity index (χ2v) is 4.28. The van der Waals surface area contributed by atoms with Gasteiger partial charge in [-0.2, -0.15) is 0 Å².